The van der Waals surface area contributed by atoms with Gasteiger partial charge in [0.2, 0.25) is 0 Å². The monoisotopic (exact) mass is 251 g/mol. The molecule has 102 valence electrons. The Morgan fingerprint density at radius 1 is 1.39 bits per heavy atom. The fraction of sp³-hybridized carbons (Fsp3) is 0.733. The van der Waals surface area contributed by atoms with Crippen LogP contribution in [0.15, 0.2) is 22.8 Å². The average Bonchev–Trinajstić information content (AvgIpc) is 2.95. The van der Waals surface area contributed by atoms with Gasteiger partial charge in [0.1, 0.15) is 5.76 Å². The molecule has 1 aromatic rings. The minimum atomic E-state index is 0.0955. The normalized spacial score (nSPS) is 20.8. The zero-order valence-corrected chi connectivity index (χ0v) is 11.3. The van der Waals surface area contributed by atoms with Crippen molar-refractivity contribution in [1.82, 2.24) is 5.32 Å². The van der Waals surface area contributed by atoms with Crippen LogP contribution in [-0.4, -0.2) is 18.3 Å². The summed E-state index contributed by atoms with van der Waals surface area (Å²) >= 11 is 0. The lowest BCUT2D eigenvalue weighted by molar-refractivity contribution is 0.0772. The molecule has 1 atom stereocenters. The molecule has 1 aliphatic rings. The second-order valence-corrected chi connectivity index (χ2v) is 5.58. The van der Waals surface area contributed by atoms with Crippen molar-refractivity contribution < 1.29 is 9.52 Å². The van der Waals surface area contributed by atoms with Crippen molar-refractivity contribution in [2.45, 2.75) is 51.5 Å². The third-order valence-corrected chi connectivity index (χ3v) is 4.27. The molecule has 0 aliphatic heterocycles. The number of rotatable bonds is 6. The number of hydrogen-bond donors (Lipinski definition) is 2. The van der Waals surface area contributed by atoms with Gasteiger partial charge >= 0.3 is 0 Å². The molecule has 1 heterocycles. The molecule has 0 saturated heterocycles. The summed E-state index contributed by atoms with van der Waals surface area (Å²) in [6.45, 7) is 3.35. The van der Waals surface area contributed by atoms with Crippen molar-refractivity contribution in [2.75, 3.05) is 13.2 Å². The van der Waals surface area contributed by atoms with Crippen LogP contribution in [0, 0.1) is 5.41 Å². The van der Waals surface area contributed by atoms with Crippen molar-refractivity contribution >= 4 is 0 Å². The molecular formula is C15H25NO2. The zero-order valence-electron chi connectivity index (χ0n) is 11.3. The van der Waals surface area contributed by atoms with E-state index < -0.39 is 0 Å². The third kappa shape index (κ3) is 3.15. The van der Waals surface area contributed by atoms with E-state index in [-0.39, 0.29) is 11.5 Å². The molecule has 1 aromatic heterocycles. The van der Waals surface area contributed by atoms with Crippen LogP contribution in [0.4, 0.5) is 0 Å². The van der Waals surface area contributed by atoms with E-state index >= 15 is 0 Å². The van der Waals surface area contributed by atoms with E-state index in [1.807, 2.05) is 12.1 Å². The van der Waals surface area contributed by atoms with Crippen molar-refractivity contribution in [3.63, 3.8) is 0 Å². The highest BCUT2D eigenvalue weighted by Gasteiger charge is 2.31. The molecule has 0 radical (unpaired) electrons. The lowest BCUT2D eigenvalue weighted by Crippen LogP contribution is -2.40. The van der Waals surface area contributed by atoms with Gasteiger partial charge in [-0.05, 0) is 31.4 Å². The van der Waals surface area contributed by atoms with Crippen LogP contribution in [0.1, 0.15) is 57.3 Å². The molecule has 2 N–H and O–H groups in total. The minimum Gasteiger partial charge on any atom is -0.468 e. The number of furan rings is 1. The smallest absolute Gasteiger partial charge is 0.120 e. The SMILES string of the molecule is CCC(NCC1(CO)CCCCC1)c1ccco1. The van der Waals surface area contributed by atoms with Gasteiger partial charge in [0.05, 0.1) is 12.3 Å². The summed E-state index contributed by atoms with van der Waals surface area (Å²) in [6.07, 6.45) is 8.84. The van der Waals surface area contributed by atoms with Crippen molar-refractivity contribution in [3.05, 3.63) is 24.2 Å². The van der Waals surface area contributed by atoms with E-state index in [1.54, 1.807) is 6.26 Å². The molecule has 3 heteroatoms. The standard InChI is InChI=1S/C15H25NO2/c1-2-13(14-7-6-10-18-14)16-11-15(12-17)8-4-3-5-9-15/h6-7,10,13,16-17H,2-5,8-9,11-12H2,1H3. The van der Waals surface area contributed by atoms with Crippen molar-refractivity contribution in [3.8, 4) is 0 Å². The van der Waals surface area contributed by atoms with Crippen LogP contribution < -0.4 is 5.32 Å². The largest absolute Gasteiger partial charge is 0.468 e. The van der Waals surface area contributed by atoms with Gasteiger partial charge in [0.15, 0.2) is 0 Å². The van der Waals surface area contributed by atoms with Gasteiger partial charge in [0.25, 0.3) is 0 Å². The molecule has 2 rings (SSSR count). The minimum absolute atomic E-state index is 0.0955. The first-order valence-electron chi connectivity index (χ1n) is 7.17. The predicted octanol–water partition coefficient (Wildman–Crippen LogP) is 3.26. The molecule has 0 amide bonds. The fourth-order valence-electron chi connectivity index (χ4n) is 2.97. The van der Waals surface area contributed by atoms with E-state index in [4.69, 9.17) is 4.42 Å². The molecule has 1 saturated carbocycles. The fourth-order valence-corrected chi connectivity index (χ4v) is 2.97. The average molecular weight is 251 g/mol. The summed E-state index contributed by atoms with van der Waals surface area (Å²) in [5, 5.41) is 13.3. The second kappa shape index (κ2) is 6.39. The van der Waals surface area contributed by atoms with Crippen molar-refractivity contribution in [1.29, 1.82) is 0 Å². The van der Waals surface area contributed by atoms with Gasteiger partial charge in [0, 0.05) is 18.6 Å². The van der Waals surface area contributed by atoms with E-state index in [0.29, 0.717) is 6.61 Å². The quantitative estimate of drug-likeness (QED) is 0.815. The van der Waals surface area contributed by atoms with Gasteiger partial charge < -0.3 is 14.8 Å². The summed E-state index contributed by atoms with van der Waals surface area (Å²) in [4.78, 5) is 0. The zero-order chi connectivity index (χ0) is 12.8. The highest BCUT2D eigenvalue weighted by molar-refractivity contribution is 5.04. The van der Waals surface area contributed by atoms with Crippen LogP contribution in [0.2, 0.25) is 0 Å². The number of aliphatic hydroxyl groups is 1. The molecule has 3 nitrogen and oxygen atoms in total. The Labute approximate surface area is 110 Å². The number of hydrogen-bond acceptors (Lipinski definition) is 3. The predicted molar refractivity (Wildman–Crippen MR) is 72.3 cm³/mol. The van der Waals surface area contributed by atoms with Gasteiger partial charge in [-0.25, -0.2) is 0 Å². The molecule has 1 aliphatic carbocycles. The van der Waals surface area contributed by atoms with E-state index in [1.165, 1.54) is 19.3 Å². The molecular weight excluding hydrogens is 226 g/mol. The number of aliphatic hydroxyl groups excluding tert-OH is 1. The third-order valence-electron chi connectivity index (χ3n) is 4.27. The lowest BCUT2D eigenvalue weighted by atomic mass is 9.74. The summed E-state index contributed by atoms with van der Waals surface area (Å²) in [5.74, 6) is 1.00. The molecule has 1 unspecified atom stereocenters. The first-order valence-corrected chi connectivity index (χ1v) is 7.17. The molecule has 0 bridgehead atoms. The Hall–Kier alpha value is -0.800. The van der Waals surface area contributed by atoms with E-state index in [2.05, 4.69) is 12.2 Å². The van der Waals surface area contributed by atoms with Gasteiger partial charge in [-0.15, -0.1) is 0 Å². The Morgan fingerprint density at radius 2 is 2.17 bits per heavy atom. The lowest BCUT2D eigenvalue weighted by Gasteiger charge is -2.36. The van der Waals surface area contributed by atoms with Crippen LogP contribution in [0.3, 0.4) is 0 Å². The summed E-state index contributed by atoms with van der Waals surface area (Å²) in [6, 6.07) is 4.22. The first-order chi connectivity index (χ1) is 8.79. The Morgan fingerprint density at radius 3 is 2.72 bits per heavy atom. The summed E-state index contributed by atoms with van der Waals surface area (Å²) in [5.41, 5.74) is 0.0955. The molecule has 18 heavy (non-hydrogen) atoms. The van der Waals surface area contributed by atoms with Crippen molar-refractivity contribution in [2.24, 2.45) is 5.41 Å². The maximum Gasteiger partial charge on any atom is 0.120 e. The topological polar surface area (TPSA) is 45.4 Å². The summed E-state index contributed by atoms with van der Waals surface area (Å²) in [7, 11) is 0. The Balaban J connectivity index is 1.92. The van der Waals surface area contributed by atoms with Gasteiger partial charge in [-0.1, -0.05) is 26.2 Å². The van der Waals surface area contributed by atoms with Crippen LogP contribution in [-0.2, 0) is 0 Å². The van der Waals surface area contributed by atoms with Crippen LogP contribution in [0.5, 0.6) is 0 Å². The van der Waals surface area contributed by atoms with E-state index in [9.17, 15) is 5.11 Å². The van der Waals surface area contributed by atoms with E-state index in [0.717, 1.165) is 31.6 Å². The first kappa shape index (κ1) is 13.6. The van der Waals surface area contributed by atoms with Crippen LogP contribution >= 0.6 is 0 Å². The molecule has 1 fully saturated rings. The maximum absolute atomic E-state index is 9.69. The Kier molecular flexibility index (Phi) is 4.84. The van der Waals surface area contributed by atoms with Gasteiger partial charge in [-0.2, -0.15) is 0 Å². The highest BCUT2D eigenvalue weighted by atomic mass is 16.3. The molecule has 0 spiro atoms. The van der Waals surface area contributed by atoms with Gasteiger partial charge in [-0.3, -0.25) is 0 Å². The molecule has 0 aromatic carbocycles. The maximum atomic E-state index is 9.69. The van der Waals surface area contributed by atoms with Crippen LogP contribution in [0.25, 0.3) is 0 Å². The second-order valence-electron chi connectivity index (χ2n) is 5.58. The Bertz CT molecular complexity index is 328. The number of nitrogens with one attached hydrogen (secondary N) is 1. The summed E-state index contributed by atoms with van der Waals surface area (Å²) < 4.78 is 5.47. The highest BCUT2D eigenvalue weighted by Crippen LogP contribution is 2.35.